The largest absolute Gasteiger partial charge is 0.497 e. The summed E-state index contributed by atoms with van der Waals surface area (Å²) in [5.41, 5.74) is 7.24. The van der Waals surface area contributed by atoms with E-state index in [1.54, 1.807) is 7.11 Å². The first-order valence-corrected chi connectivity index (χ1v) is 14.0. The summed E-state index contributed by atoms with van der Waals surface area (Å²) >= 11 is 2.45. The summed E-state index contributed by atoms with van der Waals surface area (Å²) in [7, 11) is 3.59. The van der Waals surface area contributed by atoms with Crippen molar-refractivity contribution in [3.8, 4) is 5.75 Å². The van der Waals surface area contributed by atoms with Crippen molar-refractivity contribution in [2.75, 3.05) is 7.11 Å². The second-order valence-corrected chi connectivity index (χ2v) is 10.7. The van der Waals surface area contributed by atoms with Gasteiger partial charge in [0.05, 0.1) is 13.2 Å². The van der Waals surface area contributed by atoms with E-state index in [9.17, 15) is 5.11 Å². The van der Waals surface area contributed by atoms with E-state index in [2.05, 4.69) is 76.7 Å². The minimum absolute atomic E-state index is 0.0941. The molecular weight excluding hydrogens is 503 g/mol. The maximum Gasteiger partial charge on any atom is 0.119 e. The van der Waals surface area contributed by atoms with Crippen molar-refractivity contribution in [1.29, 1.82) is 0 Å². The van der Waals surface area contributed by atoms with Crippen molar-refractivity contribution in [1.82, 2.24) is 0 Å². The van der Waals surface area contributed by atoms with E-state index in [-0.39, 0.29) is 11.5 Å². The number of ether oxygens (including phenoxy) is 1. The van der Waals surface area contributed by atoms with Crippen molar-refractivity contribution >= 4 is 30.1 Å². The zero-order valence-corrected chi connectivity index (χ0v) is 20.6. The van der Waals surface area contributed by atoms with Gasteiger partial charge in [0.1, 0.15) is 5.75 Å². The molecule has 0 heterocycles. The predicted molar refractivity (Wildman–Crippen MR) is 135 cm³/mol. The summed E-state index contributed by atoms with van der Waals surface area (Å²) in [6.07, 6.45) is 5.50. The molecule has 0 amide bonds. The molecule has 158 valence electrons. The number of allylic oxidation sites excluding steroid dienone is 3. The van der Waals surface area contributed by atoms with Gasteiger partial charge in [0, 0.05) is 26.1 Å². The van der Waals surface area contributed by atoms with Crippen LogP contribution >= 0.6 is 30.1 Å². The van der Waals surface area contributed by atoms with Crippen LogP contribution in [0.1, 0.15) is 43.7 Å². The van der Waals surface area contributed by atoms with Gasteiger partial charge < -0.3 is 9.84 Å². The fourth-order valence-corrected chi connectivity index (χ4v) is 7.08. The van der Waals surface area contributed by atoms with Gasteiger partial charge in [-0.3, -0.25) is 0 Å². The van der Waals surface area contributed by atoms with Gasteiger partial charge in [-0.15, -0.1) is 0 Å². The molecule has 1 fully saturated rings. The Kier molecular flexibility index (Phi) is 6.95. The molecule has 2 aromatic carbocycles. The molecule has 2 aromatic rings. The monoisotopic (exact) mass is 532 g/mol. The van der Waals surface area contributed by atoms with E-state index >= 15 is 0 Å². The lowest BCUT2D eigenvalue weighted by molar-refractivity contribution is 0.164. The van der Waals surface area contributed by atoms with Gasteiger partial charge in [0.25, 0.3) is 0 Å². The Bertz CT molecular complexity index is 966. The van der Waals surface area contributed by atoms with Crippen LogP contribution in [0.25, 0.3) is 0 Å². The van der Waals surface area contributed by atoms with Crippen LogP contribution in [-0.4, -0.2) is 18.3 Å². The fourth-order valence-electron chi connectivity index (χ4n) is 5.15. The van der Waals surface area contributed by atoms with Crippen LogP contribution in [0.3, 0.4) is 0 Å². The minimum Gasteiger partial charge on any atom is -0.497 e. The first-order valence-electron chi connectivity index (χ1n) is 10.6. The molecule has 4 rings (SSSR count). The van der Waals surface area contributed by atoms with Crippen LogP contribution in [0.2, 0.25) is 0 Å². The number of aryl methyl sites for hydroxylation is 1. The van der Waals surface area contributed by atoms with Crippen molar-refractivity contribution in [3.63, 3.8) is 0 Å². The second-order valence-electron chi connectivity index (χ2n) is 8.75. The molecule has 0 spiro atoms. The quantitative estimate of drug-likeness (QED) is 0.387. The number of aliphatic hydroxyl groups excluding tert-OH is 1. The number of methoxy groups -OCH3 is 1. The molecule has 1 saturated carbocycles. The van der Waals surface area contributed by atoms with Crippen molar-refractivity contribution in [2.24, 2.45) is 5.41 Å². The van der Waals surface area contributed by atoms with Crippen LogP contribution in [0.15, 0.2) is 76.2 Å². The Morgan fingerprint density at radius 2 is 1.83 bits per heavy atom. The van der Waals surface area contributed by atoms with E-state index < -0.39 is 0 Å². The third-order valence-electron chi connectivity index (χ3n) is 6.58. The maximum absolute atomic E-state index is 10.6. The molecule has 2 atom stereocenters. The molecule has 2 nitrogen and oxygen atoms in total. The number of rotatable bonds is 7. The molecule has 0 aromatic heterocycles. The minimum atomic E-state index is -0.214. The maximum atomic E-state index is 10.6. The summed E-state index contributed by atoms with van der Waals surface area (Å²) in [5.74, 6) is 0.915. The van der Waals surface area contributed by atoms with Crippen LogP contribution in [0.5, 0.6) is 5.75 Å². The second kappa shape index (κ2) is 9.49. The third kappa shape index (κ3) is 4.66. The summed E-state index contributed by atoms with van der Waals surface area (Å²) in [6.45, 7) is 2.36. The molecule has 2 aliphatic carbocycles. The SMILES string of the molecule is COc1cccc(CCC2=C3C[C@H](O)C[C@]3(C)CC(SI)=C2Cc2ccccc2)c1. The van der Waals surface area contributed by atoms with E-state index in [1.807, 2.05) is 15.0 Å². The van der Waals surface area contributed by atoms with E-state index in [0.29, 0.717) is 0 Å². The highest BCUT2D eigenvalue weighted by Crippen LogP contribution is 2.56. The Morgan fingerprint density at radius 3 is 2.57 bits per heavy atom. The zero-order valence-electron chi connectivity index (χ0n) is 17.7. The number of benzene rings is 2. The van der Waals surface area contributed by atoms with Gasteiger partial charge in [-0.1, -0.05) is 63.9 Å². The Morgan fingerprint density at radius 1 is 1.07 bits per heavy atom. The fraction of sp³-hybridized carbons (Fsp3) is 0.385. The van der Waals surface area contributed by atoms with Crippen molar-refractivity contribution < 1.29 is 9.84 Å². The summed E-state index contributed by atoms with van der Waals surface area (Å²) in [5, 5.41) is 10.6. The lowest BCUT2D eigenvalue weighted by atomic mass is 9.71. The topological polar surface area (TPSA) is 29.5 Å². The summed E-state index contributed by atoms with van der Waals surface area (Å²) < 4.78 is 5.42. The normalized spacial score (nSPS) is 23.7. The standard InChI is InChI=1S/C26H29IO2S/c1-26-16-20(28)15-24(26)22(12-11-19-9-6-10-21(13-19)29-2)23(25(17-26)30-27)14-18-7-4-3-5-8-18/h3-10,13,20,28H,11-12,14-17H2,1-2H3/t20-,26+/m0/s1. The molecule has 0 unspecified atom stereocenters. The number of hydrogen-bond acceptors (Lipinski definition) is 3. The van der Waals surface area contributed by atoms with E-state index in [4.69, 9.17) is 4.74 Å². The molecule has 2 aliphatic rings. The molecular formula is C26H29IO2S. The number of halogens is 1. The Balaban J connectivity index is 1.70. The Hall–Kier alpha value is -1.24. The lowest BCUT2D eigenvalue weighted by Crippen LogP contribution is -2.22. The van der Waals surface area contributed by atoms with Crippen molar-refractivity contribution in [2.45, 2.75) is 51.6 Å². The first kappa shape index (κ1) is 22.0. The van der Waals surface area contributed by atoms with Crippen LogP contribution in [-0.2, 0) is 12.8 Å². The number of fused-ring (bicyclic) bond motifs is 1. The molecule has 0 bridgehead atoms. The summed E-state index contributed by atoms with van der Waals surface area (Å²) in [6, 6.07) is 19.2. The average molecular weight is 532 g/mol. The molecule has 1 N–H and O–H groups in total. The molecule has 30 heavy (non-hydrogen) atoms. The number of hydrogen-bond donors (Lipinski definition) is 1. The van der Waals surface area contributed by atoms with E-state index in [0.717, 1.165) is 44.3 Å². The molecule has 4 heteroatoms. The lowest BCUT2D eigenvalue weighted by Gasteiger charge is -2.36. The first-order chi connectivity index (χ1) is 14.5. The van der Waals surface area contributed by atoms with Gasteiger partial charge in [0.2, 0.25) is 0 Å². The summed E-state index contributed by atoms with van der Waals surface area (Å²) in [4.78, 5) is 1.49. The van der Waals surface area contributed by atoms with Gasteiger partial charge in [-0.25, -0.2) is 0 Å². The zero-order chi connectivity index (χ0) is 21.1. The van der Waals surface area contributed by atoms with Crippen LogP contribution in [0.4, 0.5) is 0 Å². The Labute approximate surface area is 196 Å². The molecule has 0 aliphatic heterocycles. The average Bonchev–Trinajstić information content (AvgIpc) is 3.07. The van der Waals surface area contributed by atoms with Crippen LogP contribution in [0, 0.1) is 5.41 Å². The molecule has 0 saturated heterocycles. The number of aliphatic hydroxyl groups is 1. The highest BCUT2D eigenvalue weighted by atomic mass is 127. The van der Waals surface area contributed by atoms with Crippen LogP contribution < -0.4 is 4.74 Å². The van der Waals surface area contributed by atoms with Gasteiger partial charge >= 0.3 is 0 Å². The molecule has 0 radical (unpaired) electrons. The van der Waals surface area contributed by atoms with Gasteiger partial charge in [-0.2, -0.15) is 0 Å². The van der Waals surface area contributed by atoms with Gasteiger partial charge in [-0.05, 0) is 78.3 Å². The predicted octanol–water partition coefficient (Wildman–Crippen LogP) is 7.07. The van der Waals surface area contributed by atoms with E-state index in [1.165, 1.54) is 32.8 Å². The van der Waals surface area contributed by atoms with Crippen molar-refractivity contribution in [3.05, 3.63) is 87.3 Å². The van der Waals surface area contributed by atoms with Gasteiger partial charge in [0.15, 0.2) is 0 Å². The smallest absolute Gasteiger partial charge is 0.119 e. The highest BCUT2D eigenvalue weighted by molar-refractivity contribution is 14.2. The highest BCUT2D eigenvalue weighted by Gasteiger charge is 2.44. The third-order valence-corrected chi connectivity index (χ3v) is 8.76.